The quantitative estimate of drug-likeness (QED) is 0.0779. The van der Waals surface area contributed by atoms with Crippen molar-refractivity contribution in [2.24, 2.45) is 25.8 Å². The predicted molar refractivity (Wildman–Crippen MR) is 371 cm³/mol. The van der Waals surface area contributed by atoms with Gasteiger partial charge in [0, 0.05) is 89.2 Å². The van der Waals surface area contributed by atoms with Crippen LogP contribution in [0.3, 0.4) is 0 Å². The summed E-state index contributed by atoms with van der Waals surface area (Å²) in [6.07, 6.45) is 8.69. The number of allylic oxidation sites excluding steroid dienone is 12. The van der Waals surface area contributed by atoms with Gasteiger partial charge in [-0.2, -0.15) is 0 Å². The molecule has 3 aromatic heterocycles. The summed E-state index contributed by atoms with van der Waals surface area (Å²) in [5.74, 6) is -51.9. The first kappa shape index (κ1) is 76.6. The summed E-state index contributed by atoms with van der Waals surface area (Å²) < 4.78 is 324. The van der Waals surface area contributed by atoms with E-state index in [1.54, 1.807) is 83.1 Å². The number of H-pyrrole nitrogens is 3. The Hall–Kier alpha value is -11.6. The predicted octanol–water partition coefficient (Wildman–Crippen LogP) is 20.0. The maximum Gasteiger partial charge on any atom is 0.200 e. The lowest BCUT2D eigenvalue weighted by Crippen LogP contribution is -2.28. The Morgan fingerprint density at radius 3 is 0.836 bits per heavy atom. The number of rotatable bonds is 5. The van der Waals surface area contributed by atoms with Gasteiger partial charge in [-0.1, -0.05) is 83.1 Å². The average Bonchev–Trinajstić information content (AvgIpc) is 1.56. The van der Waals surface area contributed by atoms with E-state index in [1.807, 2.05) is 0 Å². The second-order valence-corrected chi connectivity index (χ2v) is 30.4. The molecule has 0 fully saturated rings. The zero-order valence-electron chi connectivity index (χ0n) is 59.5. The smallest absolute Gasteiger partial charge is 0.200 e. The number of Topliss-reactive ketones (excluding diaryl/α,β-unsaturated/α-hetero) is 1. The van der Waals surface area contributed by atoms with Gasteiger partial charge in [-0.25, -0.2) is 103 Å². The minimum absolute atomic E-state index is 0.00335. The molecule has 566 valence electrons. The highest BCUT2D eigenvalue weighted by atomic mass is 19.2. The lowest BCUT2D eigenvalue weighted by atomic mass is 9.71. The van der Waals surface area contributed by atoms with E-state index in [2.05, 4.69) is 29.9 Å². The van der Waals surface area contributed by atoms with Crippen LogP contribution in [0.5, 0.6) is 5.75 Å². The number of benzene rings is 5. The van der Waals surface area contributed by atoms with Gasteiger partial charge in [-0.05, 0) is 130 Å². The molecule has 0 amide bonds. The molecule has 4 N–H and O–H groups in total. The fourth-order valence-electron chi connectivity index (χ4n) is 13.6. The van der Waals surface area contributed by atoms with Crippen molar-refractivity contribution in [2.45, 2.75) is 93.9 Å². The Balaban J connectivity index is 1.28. The molecule has 110 heavy (non-hydrogen) atoms. The fraction of sp³-hybridized carbons (Fsp3) is 0.195. The molecule has 4 aliphatic heterocycles. The van der Waals surface area contributed by atoms with Crippen LogP contribution in [0.4, 0.5) is 87.8 Å². The lowest BCUT2D eigenvalue weighted by Gasteiger charge is -2.32. The SMILES string of the molecule is CC(C)(C)C1=CC(=C2C3=NC(=C(c4c(F)c(F)c(F)c(F)c4F)c4ccc([nH]4)C(c4c(F)c(F)c(F)c(F)c4F)=C4C=CC(=N4)C(c4cc(C(C)(C)C)c(O)c(C(C)(C)C)c4)=c4ccc([nH]4)=C(c4c(F)c(F)c(F)c(F)c4F)c4ccc([nH]4)C(c4c(F)c(F)c(F)c(F)c4F)=C4C=CC2=N4)C=C3)C=C(C(C)(C)C)C1=O. The third-order valence-corrected chi connectivity index (χ3v) is 19.0. The molecule has 0 spiro atoms. The molecule has 5 aliphatic rings. The van der Waals surface area contributed by atoms with Crippen molar-refractivity contribution >= 4 is 50.8 Å². The van der Waals surface area contributed by atoms with E-state index in [0.29, 0.717) is 0 Å². The van der Waals surface area contributed by atoms with E-state index < -0.39 is 251 Å². The Morgan fingerprint density at radius 2 is 0.555 bits per heavy atom. The van der Waals surface area contributed by atoms with Crippen LogP contribution in [0, 0.1) is 127 Å². The third-order valence-electron chi connectivity index (χ3n) is 19.0. The normalized spacial score (nSPS) is 15.9. The van der Waals surface area contributed by atoms with Crippen LogP contribution in [0.1, 0.15) is 145 Å². The van der Waals surface area contributed by atoms with E-state index in [4.69, 9.17) is 0 Å². The number of phenolic OH excluding ortho intramolecular Hbond substituents is 1. The number of fused-ring (bicyclic) bond motifs is 9. The van der Waals surface area contributed by atoms with Crippen LogP contribution in [0.2, 0.25) is 0 Å². The number of nitrogens with one attached hydrogen (secondary N) is 3. The summed E-state index contributed by atoms with van der Waals surface area (Å²) >= 11 is 0. The summed E-state index contributed by atoms with van der Waals surface area (Å²) in [4.78, 5) is 36.6. The summed E-state index contributed by atoms with van der Waals surface area (Å²) in [6.45, 7) is 19.9. The van der Waals surface area contributed by atoms with Crippen molar-refractivity contribution < 1.29 is 97.7 Å². The molecule has 28 heteroatoms. The van der Waals surface area contributed by atoms with Crippen molar-refractivity contribution in [3.05, 3.63) is 325 Å². The maximum atomic E-state index is 16.9. The van der Waals surface area contributed by atoms with Crippen molar-refractivity contribution in [2.75, 3.05) is 0 Å². The van der Waals surface area contributed by atoms with Crippen LogP contribution >= 0.6 is 0 Å². The number of hydrogen-bond donors (Lipinski definition) is 4. The number of aromatic amines is 3. The van der Waals surface area contributed by atoms with E-state index in [1.165, 1.54) is 24.3 Å². The van der Waals surface area contributed by atoms with Crippen LogP contribution < -0.4 is 10.7 Å². The second-order valence-electron chi connectivity index (χ2n) is 30.4. The first-order chi connectivity index (χ1) is 51.3. The lowest BCUT2D eigenvalue weighted by molar-refractivity contribution is -0.114. The molecule has 7 heterocycles. The Labute approximate surface area is 611 Å². The molecular weight excluding hydrogens is 1480 g/mol. The van der Waals surface area contributed by atoms with Gasteiger partial charge in [0.1, 0.15) is 5.75 Å². The monoisotopic (exact) mass is 1540 g/mol. The molecule has 0 saturated heterocycles. The van der Waals surface area contributed by atoms with Crippen LogP contribution in [-0.4, -0.2) is 43.0 Å². The minimum Gasteiger partial charge on any atom is -0.507 e. The maximum absolute atomic E-state index is 16.9. The van der Waals surface area contributed by atoms with Crippen LogP contribution in [-0.2, 0) is 15.6 Å². The van der Waals surface area contributed by atoms with Crippen molar-refractivity contribution in [1.82, 2.24) is 15.0 Å². The Morgan fingerprint density at radius 1 is 0.300 bits per heavy atom. The van der Waals surface area contributed by atoms with Gasteiger partial charge >= 0.3 is 0 Å². The molecule has 5 aromatic carbocycles. The highest BCUT2D eigenvalue weighted by Gasteiger charge is 2.41. The Bertz CT molecular complexity index is 5890. The third kappa shape index (κ3) is 12.4. The Kier molecular flexibility index (Phi) is 18.5. The van der Waals surface area contributed by atoms with Crippen LogP contribution in [0.25, 0.3) is 27.9 Å². The number of phenols is 1. The van der Waals surface area contributed by atoms with Crippen molar-refractivity contribution in [1.29, 1.82) is 0 Å². The zero-order valence-corrected chi connectivity index (χ0v) is 59.5. The van der Waals surface area contributed by atoms with Gasteiger partial charge in [0.25, 0.3) is 0 Å². The molecule has 0 saturated carbocycles. The summed E-state index contributed by atoms with van der Waals surface area (Å²) in [6, 6.07) is 8.24. The summed E-state index contributed by atoms with van der Waals surface area (Å²) in [7, 11) is 0. The number of aromatic hydroxyl groups is 1. The zero-order chi connectivity index (χ0) is 80.4. The van der Waals surface area contributed by atoms with Crippen molar-refractivity contribution in [3.8, 4) is 5.75 Å². The highest BCUT2D eigenvalue weighted by molar-refractivity contribution is 6.35. The van der Waals surface area contributed by atoms with Gasteiger partial charge in [0.15, 0.2) is 98.9 Å². The number of aliphatic imine (C=N–C) groups is 3. The van der Waals surface area contributed by atoms with Gasteiger partial charge in [0.05, 0.1) is 56.5 Å². The van der Waals surface area contributed by atoms with E-state index in [-0.39, 0.29) is 55.7 Å². The van der Waals surface area contributed by atoms with E-state index in [9.17, 15) is 9.90 Å². The summed E-state index contributed by atoms with van der Waals surface area (Å²) in [5.41, 5.74) is -22.5. The molecule has 13 rings (SSSR count). The summed E-state index contributed by atoms with van der Waals surface area (Å²) in [5, 5.41) is 11.1. The number of hydrogen-bond acceptors (Lipinski definition) is 5. The number of carbonyl (C=O) groups is 1. The topological polar surface area (TPSA) is 122 Å². The first-order valence-corrected chi connectivity index (χ1v) is 33.3. The number of nitrogens with zero attached hydrogens (tertiary/aromatic N) is 3. The van der Waals surface area contributed by atoms with Crippen molar-refractivity contribution in [3.63, 3.8) is 0 Å². The molecular formula is C82H56F20N6O2. The molecule has 12 bridgehead atoms. The molecule has 0 unspecified atom stereocenters. The van der Waals surface area contributed by atoms with Gasteiger partial charge in [-0.15, -0.1) is 0 Å². The highest BCUT2D eigenvalue weighted by Crippen LogP contribution is 2.48. The molecule has 1 aliphatic carbocycles. The number of aromatic nitrogens is 3. The molecule has 8 nitrogen and oxygen atoms in total. The minimum atomic E-state index is -2.67. The standard InChI is InChI=1S/C82H56F20N6O2/c1-79(2,3)31-25-29(26-32(77(31)109)80(4,5)6)47-35-13-17-39(103-35)49(53-57(83)65(91)73(99)66(92)58(53)84)43-21-23-45(107-43)51(55-61(87)69(95)75(101)70(96)62(55)88)41-19-15-37(105-41)48(30-27-33(81(7,8)9)78(110)34(28-30)82(10,11)12)38-16-20-42(106-38)52(56-63(89)71(97)76(102)72(98)64(56)90)46-24-22-44(108-46)50(40-18-14-36(47)104-40)54-59(85)67(93)74(100)68(94)60(54)86/h13-28,103,107-109H,1-12H3. The van der Waals surface area contributed by atoms with Gasteiger partial charge in [0.2, 0.25) is 23.3 Å². The number of ketones is 1. The van der Waals surface area contributed by atoms with E-state index >= 15 is 87.8 Å². The largest absolute Gasteiger partial charge is 0.507 e. The second kappa shape index (κ2) is 26.6. The fourth-order valence-corrected chi connectivity index (χ4v) is 13.6. The number of carbonyl (C=O) groups excluding carboxylic acids is 1. The average molecular weight is 1540 g/mol. The van der Waals surface area contributed by atoms with Crippen LogP contribution in [0.15, 0.2) is 151 Å². The van der Waals surface area contributed by atoms with E-state index in [0.717, 1.165) is 72.9 Å². The first-order valence-electron chi connectivity index (χ1n) is 33.3. The van der Waals surface area contributed by atoms with Gasteiger partial charge < -0.3 is 20.1 Å². The molecule has 8 aromatic rings. The molecule has 0 atom stereocenters. The van der Waals surface area contributed by atoms with Gasteiger partial charge in [-0.3, -0.25) is 4.79 Å². The molecule has 0 radical (unpaired) electrons. The number of halogens is 20.